The quantitative estimate of drug-likeness (QED) is 0.791. The van der Waals surface area contributed by atoms with Crippen LogP contribution < -0.4 is 5.73 Å². The van der Waals surface area contributed by atoms with Crippen LogP contribution in [-0.2, 0) is 0 Å². The second-order valence-corrected chi connectivity index (χ2v) is 4.32. The molecule has 15 heavy (non-hydrogen) atoms. The lowest BCUT2D eigenvalue weighted by atomic mass is 10.0. The standard InChI is InChI=1S/C10H19F3N2/c1-8-3-6-15(9(8)7-14)5-2-4-10(11,12)13/h8-9H,2-7,14H2,1H3. The van der Waals surface area contributed by atoms with Gasteiger partial charge in [-0.15, -0.1) is 0 Å². The van der Waals surface area contributed by atoms with E-state index < -0.39 is 12.6 Å². The van der Waals surface area contributed by atoms with Crippen molar-refractivity contribution in [3.63, 3.8) is 0 Å². The Balaban J connectivity index is 2.27. The first-order chi connectivity index (χ1) is 6.94. The zero-order chi connectivity index (χ0) is 11.5. The zero-order valence-electron chi connectivity index (χ0n) is 9.06. The summed E-state index contributed by atoms with van der Waals surface area (Å²) >= 11 is 0. The Kier molecular flexibility index (Phi) is 4.40. The van der Waals surface area contributed by atoms with Gasteiger partial charge in [0.1, 0.15) is 0 Å². The van der Waals surface area contributed by atoms with E-state index in [2.05, 4.69) is 11.8 Å². The largest absolute Gasteiger partial charge is 0.389 e. The molecule has 90 valence electrons. The molecule has 5 heteroatoms. The minimum absolute atomic E-state index is 0.187. The number of halogens is 3. The van der Waals surface area contributed by atoms with E-state index in [1.807, 2.05) is 0 Å². The Morgan fingerprint density at radius 3 is 2.60 bits per heavy atom. The number of hydrogen-bond acceptors (Lipinski definition) is 2. The number of hydrogen-bond donors (Lipinski definition) is 1. The molecule has 0 saturated carbocycles. The molecule has 0 aromatic rings. The van der Waals surface area contributed by atoms with E-state index in [9.17, 15) is 13.2 Å². The summed E-state index contributed by atoms with van der Waals surface area (Å²) in [5.41, 5.74) is 5.61. The summed E-state index contributed by atoms with van der Waals surface area (Å²) in [6.07, 6.45) is -3.47. The minimum atomic E-state index is -4.02. The lowest BCUT2D eigenvalue weighted by Crippen LogP contribution is -2.39. The Bertz CT molecular complexity index is 194. The van der Waals surface area contributed by atoms with Crippen molar-refractivity contribution < 1.29 is 13.2 Å². The van der Waals surface area contributed by atoms with Gasteiger partial charge in [0.05, 0.1) is 0 Å². The van der Waals surface area contributed by atoms with Crippen LogP contribution in [0.4, 0.5) is 13.2 Å². The van der Waals surface area contributed by atoms with E-state index in [4.69, 9.17) is 5.73 Å². The van der Waals surface area contributed by atoms with Gasteiger partial charge in [0, 0.05) is 19.0 Å². The smallest absolute Gasteiger partial charge is 0.329 e. The Hall–Kier alpha value is -0.290. The molecule has 0 aliphatic carbocycles. The van der Waals surface area contributed by atoms with Crippen LogP contribution in [0.1, 0.15) is 26.2 Å². The van der Waals surface area contributed by atoms with Gasteiger partial charge in [-0.2, -0.15) is 13.2 Å². The predicted octanol–water partition coefficient (Wildman–Crippen LogP) is 2.00. The van der Waals surface area contributed by atoms with Crippen molar-refractivity contribution >= 4 is 0 Å². The fraction of sp³-hybridized carbons (Fsp3) is 1.00. The Labute approximate surface area is 88.6 Å². The highest BCUT2D eigenvalue weighted by atomic mass is 19.4. The predicted molar refractivity (Wildman–Crippen MR) is 53.5 cm³/mol. The second-order valence-electron chi connectivity index (χ2n) is 4.32. The highest BCUT2D eigenvalue weighted by Crippen LogP contribution is 2.25. The van der Waals surface area contributed by atoms with Crippen molar-refractivity contribution in [2.75, 3.05) is 19.6 Å². The van der Waals surface area contributed by atoms with Gasteiger partial charge in [0.25, 0.3) is 0 Å². The SMILES string of the molecule is CC1CCN(CCCC(F)(F)F)C1CN. The van der Waals surface area contributed by atoms with Crippen molar-refractivity contribution in [2.45, 2.75) is 38.4 Å². The first-order valence-electron chi connectivity index (χ1n) is 5.45. The van der Waals surface area contributed by atoms with Crippen molar-refractivity contribution in [1.29, 1.82) is 0 Å². The molecule has 0 amide bonds. The van der Waals surface area contributed by atoms with Crippen LogP contribution in [0.2, 0.25) is 0 Å². The van der Waals surface area contributed by atoms with E-state index in [0.29, 0.717) is 19.0 Å². The number of alkyl halides is 3. The molecule has 0 bridgehead atoms. The summed E-state index contributed by atoms with van der Waals surface area (Å²) in [7, 11) is 0. The lowest BCUT2D eigenvalue weighted by molar-refractivity contribution is -0.136. The highest BCUT2D eigenvalue weighted by Gasteiger charge is 2.31. The first kappa shape index (κ1) is 12.8. The summed E-state index contributed by atoms with van der Waals surface area (Å²) in [4.78, 5) is 2.09. The third kappa shape index (κ3) is 3.99. The molecule has 1 aliphatic heterocycles. The Morgan fingerprint density at radius 2 is 2.07 bits per heavy atom. The molecule has 2 nitrogen and oxygen atoms in total. The van der Waals surface area contributed by atoms with Crippen LogP contribution in [0.25, 0.3) is 0 Å². The summed E-state index contributed by atoms with van der Waals surface area (Å²) in [6.45, 7) is 4.07. The first-order valence-corrected chi connectivity index (χ1v) is 5.45. The number of rotatable bonds is 4. The topological polar surface area (TPSA) is 29.3 Å². The average Bonchev–Trinajstić information content (AvgIpc) is 2.44. The normalized spacial score (nSPS) is 28.6. The molecule has 1 aliphatic rings. The van der Waals surface area contributed by atoms with Gasteiger partial charge in [-0.1, -0.05) is 6.92 Å². The maximum atomic E-state index is 11.9. The maximum Gasteiger partial charge on any atom is 0.389 e. The molecular formula is C10H19F3N2. The monoisotopic (exact) mass is 224 g/mol. The van der Waals surface area contributed by atoms with Gasteiger partial charge >= 0.3 is 6.18 Å². The minimum Gasteiger partial charge on any atom is -0.329 e. The van der Waals surface area contributed by atoms with E-state index in [1.54, 1.807) is 0 Å². The van der Waals surface area contributed by atoms with Gasteiger partial charge in [0.15, 0.2) is 0 Å². The molecule has 1 fully saturated rings. The number of nitrogens with two attached hydrogens (primary N) is 1. The summed E-state index contributed by atoms with van der Waals surface area (Å²) in [5.74, 6) is 0.515. The molecule has 0 spiro atoms. The molecule has 2 N–H and O–H groups in total. The molecule has 0 aromatic heterocycles. The fourth-order valence-electron chi connectivity index (χ4n) is 2.23. The number of likely N-dealkylation sites (tertiary alicyclic amines) is 1. The van der Waals surface area contributed by atoms with Gasteiger partial charge < -0.3 is 5.73 Å². The van der Waals surface area contributed by atoms with E-state index in [1.165, 1.54) is 0 Å². The lowest BCUT2D eigenvalue weighted by Gasteiger charge is -2.25. The molecule has 2 atom stereocenters. The number of nitrogens with zero attached hydrogens (tertiary/aromatic N) is 1. The van der Waals surface area contributed by atoms with Gasteiger partial charge in [-0.05, 0) is 31.8 Å². The highest BCUT2D eigenvalue weighted by molar-refractivity contribution is 4.85. The van der Waals surface area contributed by atoms with Crippen molar-refractivity contribution in [3.8, 4) is 0 Å². The average molecular weight is 224 g/mol. The van der Waals surface area contributed by atoms with Crippen LogP contribution >= 0.6 is 0 Å². The summed E-state index contributed by atoms with van der Waals surface area (Å²) in [5, 5.41) is 0. The van der Waals surface area contributed by atoms with E-state index in [0.717, 1.165) is 13.0 Å². The van der Waals surface area contributed by atoms with Gasteiger partial charge in [0.2, 0.25) is 0 Å². The van der Waals surface area contributed by atoms with Crippen molar-refractivity contribution in [3.05, 3.63) is 0 Å². The van der Waals surface area contributed by atoms with Crippen LogP contribution in [0.15, 0.2) is 0 Å². The molecule has 2 unspecified atom stereocenters. The van der Waals surface area contributed by atoms with E-state index in [-0.39, 0.29) is 12.5 Å². The third-order valence-corrected chi connectivity index (χ3v) is 3.14. The third-order valence-electron chi connectivity index (χ3n) is 3.14. The summed E-state index contributed by atoms with van der Waals surface area (Å²) in [6, 6.07) is 0.276. The zero-order valence-corrected chi connectivity index (χ0v) is 9.06. The van der Waals surface area contributed by atoms with Crippen LogP contribution in [0.5, 0.6) is 0 Å². The molecule has 1 rings (SSSR count). The second kappa shape index (κ2) is 5.16. The molecule has 0 radical (unpaired) electrons. The fourth-order valence-corrected chi connectivity index (χ4v) is 2.23. The Morgan fingerprint density at radius 1 is 1.40 bits per heavy atom. The molecule has 0 aromatic carbocycles. The van der Waals surface area contributed by atoms with E-state index >= 15 is 0 Å². The van der Waals surface area contributed by atoms with Crippen LogP contribution in [-0.4, -0.2) is 36.8 Å². The molecular weight excluding hydrogens is 205 g/mol. The maximum absolute atomic E-state index is 11.9. The van der Waals surface area contributed by atoms with Crippen molar-refractivity contribution in [2.24, 2.45) is 11.7 Å². The molecule has 1 heterocycles. The van der Waals surface area contributed by atoms with Gasteiger partial charge in [-0.25, -0.2) is 0 Å². The van der Waals surface area contributed by atoms with Crippen molar-refractivity contribution in [1.82, 2.24) is 4.90 Å². The summed E-state index contributed by atoms with van der Waals surface area (Å²) < 4.78 is 35.8. The molecule has 1 saturated heterocycles. The van der Waals surface area contributed by atoms with Gasteiger partial charge in [-0.3, -0.25) is 4.90 Å². The van der Waals surface area contributed by atoms with Crippen LogP contribution in [0.3, 0.4) is 0 Å². The van der Waals surface area contributed by atoms with Crippen LogP contribution in [0, 0.1) is 5.92 Å².